The quantitative estimate of drug-likeness (QED) is 0.232. The summed E-state index contributed by atoms with van der Waals surface area (Å²) >= 11 is 0. The Kier molecular flexibility index (Phi) is 12.0. The Morgan fingerprint density at radius 2 is 1.89 bits per heavy atom. The van der Waals surface area contributed by atoms with Crippen LogP contribution in [0.4, 0.5) is 0 Å². The topological polar surface area (TPSA) is 85.7 Å². The van der Waals surface area contributed by atoms with E-state index in [0.717, 1.165) is 6.42 Å². The zero-order valence-corrected chi connectivity index (χ0v) is 11.4. The van der Waals surface area contributed by atoms with E-state index in [-0.39, 0.29) is 18.8 Å². The van der Waals surface area contributed by atoms with Gasteiger partial charge in [0.25, 0.3) is 0 Å². The Bertz CT molecular complexity index is 234. The molecular weight excluding hydrogens is 238 g/mol. The van der Waals surface area contributed by atoms with Crippen molar-refractivity contribution in [3.63, 3.8) is 0 Å². The van der Waals surface area contributed by atoms with Crippen molar-refractivity contribution in [1.29, 1.82) is 0 Å². The van der Waals surface area contributed by atoms with Crippen molar-refractivity contribution in [2.75, 3.05) is 47.2 Å². The minimum absolute atomic E-state index is 0.0316. The lowest BCUT2D eigenvalue weighted by atomic mass is 10.2. The van der Waals surface area contributed by atoms with Gasteiger partial charge < -0.3 is 18.9 Å². The van der Waals surface area contributed by atoms with Crippen LogP contribution >= 0.6 is 0 Å². The molecule has 0 N–H and O–H groups in total. The van der Waals surface area contributed by atoms with Gasteiger partial charge >= 0.3 is 0 Å². The van der Waals surface area contributed by atoms with E-state index in [1.807, 2.05) is 6.92 Å². The third kappa shape index (κ3) is 9.21. The van der Waals surface area contributed by atoms with Gasteiger partial charge in [-0.25, -0.2) is 0 Å². The predicted octanol–water partition coefficient (Wildman–Crippen LogP) is 1.77. The maximum absolute atomic E-state index is 8.30. The second-order valence-corrected chi connectivity index (χ2v) is 3.72. The molecule has 7 heteroatoms. The molecule has 0 aromatic rings. The molecule has 0 aliphatic rings. The minimum atomic E-state index is -0.234. The van der Waals surface area contributed by atoms with Crippen molar-refractivity contribution < 1.29 is 18.9 Å². The van der Waals surface area contributed by atoms with Gasteiger partial charge in [-0.05, 0) is 12.0 Å². The monoisotopic (exact) mass is 261 g/mol. The Labute approximate surface area is 108 Å². The van der Waals surface area contributed by atoms with E-state index in [1.165, 1.54) is 0 Å². The van der Waals surface area contributed by atoms with E-state index < -0.39 is 0 Å². The van der Waals surface area contributed by atoms with E-state index >= 15 is 0 Å². The number of azide groups is 1. The Morgan fingerprint density at radius 3 is 2.44 bits per heavy atom. The molecule has 7 nitrogen and oxygen atoms in total. The van der Waals surface area contributed by atoms with E-state index in [4.69, 9.17) is 24.5 Å². The van der Waals surface area contributed by atoms with Crippen LogP contribution in [0, 0.1) is 0 Å². The molecule has 0 rings (SSSR count). The highest BCUT2D eigenvalue weighted by Crippen LogP contribution is 2.05. The van der Waals surface area contributed by atoms with E-state index in [2.05, 4.69) is 10.0 Å². The third-order valence-electron chi connectivity index (χ3n) is 2.28. The van der Waals surface area contributed by atoms with Crippen LogP contribution in [0.3, 0.4) is 0 Å². The molecule has 0 bridgehead atoms. The second-order valence-electron chi connectivity index (χ2n) is 3.72. The summed E-state index contributed by atoms with van der Waals surface area (Å²) in [4.78, 5) is 2.72. The molecule has 0 aliphatic carbocycles. The molecule has 0 saturated carbocycles. The fraction of sp³-hybridized carbons (Fsp3) is 1.00. The first-order chi connectivity index (χ1) is 8.78. The number of methoxy groups -OCH3 is 2. The van der Waals surface area contributed by atoms with E-state index in [9.17, 15) is 0 Å². The van der Waals surface area contributed by atoms with Crippen LogP contribution in [0.5, 0.6) is 0 Å². The molecule has 0 saturated heterocycles. The lowest BCUT2D eigenvalue weighted by molar-refractivity contribution is -0.0803. The zero-order chi connectivity index (χ0) is 13.6. The first-order valence-corrected chi connectivity index (χ1v) is 6.00. The number of hydrogen-bond acceptors (Lipinski definition) is 5. The first-order valence-electron chi connectivity index (χ1n) is 6.00. The van der Waals surface area contributed by atoms with Crippen LogP contribution in [0.2, 0.25) is 0 Å². The number of nitrogens with zero attached hydrogens (tertiary/aromatic N) is 3. The summed E-state index contributed by atoms with van der Waals surface area (Å²) in [7, 11) is 3.22. The normalized spacial score (nSPS) is 13.9. The fourth-order valence-electron chi connectivity index (χ4n) is 1.33. The molecule has 0 spiro atoms. The van der Waals surface area contributed by atoms with Crippen molar-refractivity contribution >= 4 is 0 Å². The summed E-state index contributed by atoms with van der Waals surface area (Å²) in [6, 6.07) is 0. The van der Waals surface area contributed by atoms with Gasteiger partial charge in [-0.15, -0.1) is 0 Å². The van der Waals surface area contributed by atoms with Crippen LogP contribution in [0.25, 0.3) is 10.4 Å². The standard InChI is InChI=1S/C11H23N3O4/c1-4-10(9-17-6-5-15-2)18-11(8-16-3)7-13-14-12/h10-11H,4-9H2,1-3H3. The number of rotatable bonds is 12. The molecule has 2 atom stereocenters. The average Bonchev–Trinajstić information content (AvgIpc) is 2.39. The highest BCUT2D eigenvalue weighted by molar-refractivity contribution is 4.65. The SMILES string of the molecule is CCC(COCCOC)OC(CN=[N+]=[N-])COC. The van der Waals surface area contributed by atoms with Crippen molar-refractivity contribution in [3.8, 4) is 0 Å². The van der Waals surface area contributed by atoms with Crippen LogP contribution in [0.15, 0.2) is 5.11 Å². The van der Waals surface area contributed by atoms with Crippen LogP contribution in [-0.2, 0) is 18.9 Å². The van der Waals surface area contributed by atoms with Crippen LogP contribution in [-0.4, -0.2) is 59.4 Å². The number of ether oxygens (including phenoxy) is 4. The fourth-order valence-corrected chi connectivity index (χ4v) is 1.33. The van der Waals surface area contributed by atoms with E-state index in [1.54, 1.807) is 14.2 Å². The Balaban J connectivity index is 3.98. The summed E-state index contributed by atoms with van der Waals surface area (Å²) in [5.41, 5.74) is 8.30. The molecule has 0 aromatic heterocycles. The van der Waals surface area contributed by atoms with Gasteiger partial charge in [-0.3, -0.25) is 0 Å². The molecule has 0 aromatic carbocycles. The van der Waals surface area contributed by atoms with Gasteiger partial charge in [0.1, 0.15) is 0 Å². The van der Waals surface area contributed by atoms with Gasteiger partial charge in [0.15, 0.2) is 0 Å². The first kappa shape index (κ1) is 17.2. The van der Waals surface area contributed by atoms with Gasteiger partial charge in [0.05, 0.1) is 45.2 Å². The molecule has 0 fully saturated rings. The minimum Gasteiger partial charge on any atom is -0.382 e. The maximum Gasteiger partial charge on any atom is 0.0869 e. The van der Waals surface area contributed by atoms with Gasteiger partial charge in [0.2, 0.25) is 0 Å². The lowest BCUT2D eigenvalue weighted by Crippen LogP contribution is -2.31. The maximum atomic E-state index is 8.30. The third-order valence-corrected chi connectivity index (χ3v) is 2.28. The highest BCUT2D eigenvalue weighted by Gasteiger charge is 2.15. The molecule has 0 aliphatic heterocycles. The lowest BCUT2D eigenvalue weighted by Gasteiger charge is -2.22. The molecule has 0 amide bonds. The van der Waals surface area contributed by atoms with Crippen molar-refractivity contribution in [3.05, 3.63) is 10.4 Å². The van der Waals surface area contributed by atoms with E-state index in [0.29, 0.717) is 26.4 Å². The van der Waals surface area contributed by atoms with Crippen molar-refractivity contribution in [1.82, 2.24) is 0 Å². The zero-order valence-electron chi connectivity index (χ0n) is 11.4. The predicted molar refractivity (Wildman–Crippen MR) is 67.5 cm³/mol. The summed E-state index contributed by atoms with van der Waals surface area (Å²) in [5.74, 6) is 0. The largest absolute Gasteiger partial charge is 0.382 e. The molecule has 0 heterocycles. The van der Waals surface area contributed by atoms with Gasteiger partial charge in [0, 0.05) is 19.1 Å². The molecule has 0 radical (unpaired) electrons. The number of hydrogen-bond donors (Lipinski definition) is 0. The summed E-state index contributed by atoms with van der Waals surface area (Å²) < 4.78 is 21.1. The summed E-state index contributed by atoms with van der Waals surface area (Å²) in [6.45, 7) is 4.28. The molecular formula is C11H23N3O4. The van der Waals surface area contributed by atoms with Gasteiger partial charge in [-0.2, -0.15) is 0 Å². The van der Waals surface area contributed by atoms with Crippen molar-refractivity contribution in [2.45, 2.75) is 25.6 Å². The Hall–Kier alpha value is -0.850. The summed E-state index contributed by atoms with van der Waals surface area (Å²) in [6.07, 6.45) is 0.557. The van der Waals surface area contributed by atoms with Gasteiger partial charge in [-0.1, -0.05) is 12.0 Å². The van der Waals surface area contributed by atoms with Crippen LogP contribution in [0.1, 0.15) is 13.3 Å². The molecule has 18 heavy (non-hydrogen) atoms. The highest BCUT2D eigenvalue weighted by atomic mass is 16.6. The molecule has 2 unspecified atom stereocenters. The summed E-state index contributed by atoms with van der Waals surface area (Å²) in [5, 5.41) is 3.50. The Morgan fingerprint density at radius 1 is 1.11 bits per heavy atom. The van der Waals surface area contributed by atoms with Crippen molar-refractivity contribution in [2.24, 2.45) is 5.11 Å². The second kappa shape index (κ2) is 12.6. The average molecular weight is 261 g/mol. The smallest absolute Gasteiger partial charge is 0.0869 e. The van der Waals surface area contributed by atoms with Crippen LogP contribution < -0.4 is 0 Å². The molecule has 106 valence electrons.